The van der Waals surface area contributed by atoms with Crippen molar-refractivity contribution < 1.29 is 0 Å². The second-order valence-corrected chi connectivity index (χ2v) is 5.64. The fraction of sp³-hybridized carbons (Fsp3) is 0.368. The van der Waals surface area contributed by atoms with Crippen LogP contribution in [-0.4, -0.2) is 0 Å². The summed E-state index contributed by atoms with van der Waals surface area (Å²) < 4.78 is 0. The molecule has 0 aromatic heterocycles. The van der Waals surface area contributed by atoms with Crippen LogP contribution in [0.25, 0.3) is 0 Å². The van der Waals surface area contributed by atoms with Crippen molar-refractivity contribution in [3.8, 4) is 0 Å². The van der Waals surface area contributed by atoms with E-state index in [2.05, 4.69) is 62.4 Å². The number of hydrogen-bond donors (Lipinski definition) is 0. The molecule has 0 aliphatic carbocycles. The summed E-state index contributed by atoms with van der Waals surface area (Å²) in [6.45, 7) is 8.41. The van der Waals surface area contributed by atoms with E-state index in [-0.39, 0.29) is 0 Å². The standard InChI is InChI=1S/C17H20S.C2H6/c1-3-5-15-8-12-17(13-9-15)18-16-10-6-14(4-2)7-11-16;1-2/h6-13H,3-5H2,1-2H3;1-2H3. The van der Waals surface area contributed by atoms with E-state index in [1.807, 2.05) is 25.6 Å². The predicted molar refractivity (Wildman–Crippen MR) is 91.7 cm³/mol. The van der Waals surface area contributed by atoms with Gasteiger partial charge in [0, 0.05) is 9.79 Å². The summed E-state index contributed by atoms with van der Waals surface area (Å²) in [6.07, 6.45) is 3.50. The first kappa shape index (κ1) is 16.8. The molecule has 2 aromatic carbocycles. The van der Waals surface area contributed by atoms with Crippen molar-refractivity contribution in [1.29, 1.82) is 0 Å². The van der Waals surface area contributed by atoms with Gasteiger partial charge in [0.2, 0.25) is 0 Å². The van der Waals surface area contributed by atoms with E-state index in [4.69, 9.17) is 0 Å². The maximum Gasteiger partial charge on any atom is 0.0122 e. The lowest BCUT2D eigenvalue weighted by molar-refractivity contribution is 0.920. The van der Waals surface area contributed by atoms with Crippen LogP contribution >= 0.6 is 11.8 Å². The van der Waals surface area contributed by atoms with Crippen molar-refractivity contribution in [2.45, 2.75) is 56.7 Å². The highest BCUT2D eigenvalue weighted by Gasteiger charge is 1.98. The minimum atomic E-state index is 1.11. The molecule has 0 atom stereocenters. The zero-order chi connectivity index (χ0) is 14.8. The molecule has 0 amide bonds. The van der Waals surface area contributed by atoms with Crippen LogP contribution in [0.15, 0.2) is 58.3 Å². The van der Waals surface area contributed by atoms with Gasteiger partial charge in [-0.15, -0.1) is 0 Å². The smallest absolute Gasteiger partial charge is 0.0122 e. The average molecular weight is 286 g/mol. The first-order valence-corrected chi connectivity index (χ1v) is 8.49. The normalized spacial score (nSPS) is 9.80. The van der Waals surface area contributed by atoms with Crippen LogP contribution in [0.5, 0.6) is 0 Å². The molecule has 0 bridgehead atoms. The molecule has 0 nitrogen and oxygen atoms in total. The van der Waals surface area contributed by atoms with Gasteiger partial charge in [-0.2, -0.15) is 0 Å². The topological polar surface area (TPSA) is 0 Å². The lowest BCUT2D eigenvalue weighted by atomic mass is 10.1. The van der Waals surface area contributed by atoms with Gasteiger partial charge in [0.1, 0.15) is 0 Å². The van der Waals surface area contributed by atoms with Gasteiger partial charge in [-0.3, -0.25) is 0 Å². The summed E-state index contributed by atoms with van der Waals surface area (Å²) in [5.41, 5.74) is 2.83. The third-order valence-electron chi connectivity index (χ3n) is 3.03. The lowest BCUT2D eigenvalue weighted by Gasteiger charge is -2.04. The molecule has 0 fully saturated rings. The van der Waals surface area contributed by atoms with Crippen LogP contribution in [0.2, 0.25) is 0 Å². The molecule has 0 spiro atoms. The Hall–Kier alpha value is -1.21. The Morgan fingerprint density at radius 3 is 1.55 bits per heavy atom. The molecule has 0 N–H and O–H groups in total. The number of benzene rings is 2. The highest BCUT2D eigenvalue weighted by atomic mass is 32.2. The predicted octanol–water partition coefficient (Wildman–Crippen LogP) is 6.38. The molecule has 0 heterocycles. The minimum absolute atomic E-state index is 1.11. The quantitative estimate of drug-likeness (QED) is 0.614. The Morgan fingerprint density at radius 1 is 0.700 bits per heavy atom. The average Bonchev–Trinajstić information content (AvgIpc) is 2.52. The zero-order valence-corrected chi connectivity index (χ0v) is 14.0. The summed E-state index contributed by atoms with van der Waals surface area (Å²) in [4.78, 5) is 2.63. The summed E-state index contributed by atoms with van der Waals surface area (Å²) in [6, 6.07) is 17.8. The lowest BCUT2D eigenvalue weighted by Crippen LogP contribution is -1.82. The van der Waals surface area contributed by atoms with E-state index < -0.39 is 0 Å². The third kappa shape index (κ3) is 5.42. The molecular formula is C19H26S. The van der Waals surface area contributed by atoms with Crippen molar-refractivity contribution >= 4 is 11.8 Å². The molecule has 2 aromatic rings. The molecule has 0 unspecified atom stereocenters. The van der Waals surface area contributed by atoms with Crippen LogP contribution < -0.4 is 0 Å². The van der Waals surface area contributed by atoms with Gasteiger partial charge < -0.3 is 0 Å². The first-order valence-electron chi connectivity index (χ1n) is 7.67. The fourth-order valence-electron chi connectivity index (χ4n) is 1.94. The zero-order valence-electron chi connectivity index (χ0n) is 13.1. The minimum Gasteiger partial charge on any atom is -0.0901 e. The Kier molecular flexibility index (Phi) is 8.13. The summed E-state index contributed by atoms with van der Waals surface area (Å²) in [5.74, 6) is 0. The fourth-order valence-corrected chi connectivity index (χ4v) is 2.76. The molecular weight excluding hydrogens is 260 g/mol. The first-order chi connectivity index (χ1) is 9.81. The Bertz CT molecular complexity index is 468. The largest absolute Gasteiger partial charge is 0.0901 e. The SMILES string of the molecule is CC.CCCc1ccc(Sc2ccc(CC)cc2)cc1. The molecule has 0 saturated heterocycles. The van der Waals surface area contributed by atoms with E-state index in [1.54, 1.807) is 0 Å². The number of aryl methyl sites for hydroxylation is 2. The number of hydrogen-bond acceptors (Lipinski definition) is 1. The third-order valence-corrected chi connectivity index (χ3v) is 4.05. The van der Waals surface area contributed by atoms with Gasteiger partial charge in [-0.25, -0.2) is 0 Å². The molecule has 2 rings (SSSR count). The van der Waals surface area contributed by atoms with Crippen molar-refractivity contribution in [2.24, 2.45) is 0 Å². The van der Waals surface area contributed by atoms with Crippen LogP contribution in [0, 0.1) is 0 Å². The Labute approximate surface area is 128 Å². The van der Waals surface area contributed by atoms with Gasteiger partial charge in [0.25, 0.3) is 0 Å². The molecule has 0 aliphatic rings. The second-order valence-electron chi connectivity index (χ2n) is 4.49. The van der Waals surface area contributed by atoms with Gasteiger partial charge in [-0.1, -0.05) is 70.1 Å². The second kappa shape index (κ2) is 9.66. The highest BCUT2D eigenvalue weighted by Crippen LogP contribution is 2.28. The summed E-state index contributed by atoms with van der Waals surface area (Å²) >= 11 is 1.83. The Balaban J connectivity index is 0.000000956. The Morgan fingerprint density at radius 2 is 1.15 bits per heavy atom. The van der Waals surface area contributed by atoms with Crippen molar-refractivity contribution in [3.05, 3.63) is 59.7 Å². The van der Waals surface area contributed by atoms with Crippen LogP contribution in [0.4, 0.5) is 0 Å². The van der Waals surface area contributed by atoms with Gasteiger partial charge in [0.15, 0.2) is 0 Å². The van der Waals surface area contributed by atoms with E-state index in [9.17, 15) is 0 Å². The molecule has 108 valence electrons. The highest BCUT2D eigenvalue weighted by molar-refractivity contribution is 7.99. The van der Waals surface area contributed by atoms with Crippen LogP contribution in [0.1, 0.15) is 45.2 Å². The molecule has 20 heavy (non-hydrogen) atoms. The molecule has 0 saturated carbocycles. The van der Waals surface area contributed by atoms with Crippen LogP contribution in [-0.2, 0) is 12.8 Å². The van der Waals surface area contributed by atoms with E-state index >= 15 is 0 Å². The van der Waals surface area contributed by atoms with E-state index in [0.29, 0.717) is 0 Å². The summed E-state index contributed by atoms with van der Waals surface area (Å²) in [5, 5.41) is 0. The van der Waals surface area contributed by atoms with E-state index in [1.165, 1.54) is 33.8 Å². The monoisotopic (exact) mass is 286 g/mol. The van der Waals surface area contributed by atoms with E-state index in [0.717, 1.165) is 6.42 Å². The maximum absolute atomic E-state index is 2.24. The molecule has 1 heteroatoms. The number of rotatable bonds is 5. The van der Waals surface area contributed by atoms with Crippen molar-refractivity contribution in [3.63, 3.8) is 0 Å². The van der Waals surface area contributed by atoms with Gasteiger partial charge in [0.05, 0.1) is 0 Å². The van der Waals surface area contributed by atoms with Gasteiger partial charge >= 0.3 is 0 Å². The van der Waals surface area contributed by atoms with Crippen molar-refractivity contribution in [1.82, 2.24) is 0 Å². The van der Waals surface area contributed by atoms with Crippen LogP contribution in [0.3, 0.4) is 0 Å². The van der Waals surface area contributed by atoms with Crippen molar-refractivity contribution in [2.75, 3.05) is 0 Å². The molecule has 0 radical (unpaired) electrons. The van der Waals surface area contributed by atoms with Gasteiger partial charge in [-0.05, 0) is 48.2 Å². The molecule has 0 aliphatic heterocycles. The maximum atomic E-state index is 2.24. The summed E-state index contributed by atoms with van der Waals surface area (Å²) in [7, 11) is 0.